The minimum absolute atomic E-state index is 0.221. The molecule has 0 spiro atoms. The summed E-state index contributed by atoms with van der Waals surface area (Å²) < 4.78 is 13.1. The summed E-state index contributed by atoms with van der Waals surface area (Å²) in [5.41, 5.74) is 7.16. The Kier molecular flexibility index (Phi) is 6.54. The second-order valence-electron chi connectivity index (χ2n) is 10.4. The molecular formula is C32H29N5O3. The minimum atomic E-state index is -0.775. The molecule has 1 amide bonds. The predicted molar refractivity (Wildman–Crippen MR) is 152 cm³/mol. The van der Waals surface area contributed by atoms with Crippen LogP contribution >= 0.6 is 0 Å². The van der Waals surface area contributed by atoms with Crippen LogP contribution in [-0.2, 0) is 41.7 Å². The van der Waals surface area contributed by atoms with Crippen molar-refractivity contribution in [2.45, 2.75) is 32.1 Å². The molecule has 8 nitrogen and oxygen atoms in total. The summed E-state index contributed by atoms with van der Waals surface area (Å²) in [5.74, 6) is -0.221. The number of benzene rings is 2. The molecule has 40 heavy (non-hydrogen) atoms. The maximum absolute atomic E-state index is 13.0. The van der Waals surface area contributed by atoms with Crippen LogP contribution in [0.5, 0.6) is 0 Å². The number of pyridine rings is 2. The normalized spacial score (nSPS) is 16.6. The number of nitrogens with zero attached hydrogens (tertiary/aromatic N) is 4. The van der Waals surface area contributed by atoms with Gasteiger partial charge in [-0.3, -0.25) is 9.78 Å². The van der Waals surface area contributed by atoms with Gasteiger partial charge in [0.15, 0.2) is 0 Å². The Hall–Kier alpha value is -4.58. The Morgan fingerprint density at radius 3 is 2.90 bits per heavy atom. The van der Waals surface area contributed by atoms with Crippen LogP contribution in [-0.4, -0.2) is 34.2 Å². The fourth-order valence-corrected chi connectivity index (χ4v) is 5.40. The minimum Gasteiger partial charge on any atom is -0.378 e. The van der Waals surface area contributed by atoms with Gasteiger partial charge in [-0.25, -0.2) is 4.98 Å². The van der Waals surface area contributed by atoms with E-state index < -0.39 is 5.41 Å². The SMILES string of the molecule is COCc1cc2c(-c3ccc4cnc(CNC(=O)c5ccc6c(c5)[C@](C)(C#N)COC6)cc4n3)cccc2n1C. The molecule has 0 bridgehead atoms. The summed E-state index contributed by atoms with van der Waals surface area (Å²) in [4.78, 5) is 22.5. The molecule has 1 aliphatic rings. The van der Waals surface area contributed by atoms with Crippen LogP contribution in [0.2, 0.25) is 0 Å². The van der Waals surface area contributed by atoms with E-state index in [1.54, 1.807) is 25.4 Å². The number of hydrogen-bond acceptors (Lipinski definition) is 6. The quantitative estimate of drug-likeness (QED) is 0.324. The predicted octanol–water partition coefficient (Wildman–Crippen LogP) is 5.18. The zero-order valence-electron chi connectivity index (χ0n) is 22.7. The van der Waals surface area contributed by atoms with Gasteiger partial charge in [-0.1, -0.05) is 18.2 Å². The van der Waals surface area contributed by atoms with Crippen molar-refractivity contribution in [2.75, 3.05) is 13.7 Å². The molecule has 0 saturated carbocycles. The van der Waals surface area contributed by atoms with Crippen LogP contribution in [0.4, 0.5) is 0 Å². The molecule has 0 radical (unpaired) electrons. The Morgan fingerprint density at radius 1 is 1.20 bits per heavy atom. The lowest BCUT2D eigenvalue weighted by Gasteiger charge is -2.30. The fourth-order valence-electron chi connectivity index (χ4n) is 5.40. The highest BCUT2D eigenvalue weighted by atomic mass is 16.5. The monoisotopic (exact) mass is 531 g/mol. The number of aryl methyl sites for hydroxylation is 1. The third-order valence-electron chi connectivity index (χ3n) is 7.68. The van der Waals surface area contributed by atoms with Crippen LogP contribution < -0.4 is 5.32 Å². The molecule has 3 aromatic heterocycles. The number of rotatable bonds is 6. The number of hydrogen-bond donors (Lipinski definition) is 1. The van der Waals surface area contributed by atoms with E-state index in [1.807, 2.05) is 44.3 Å². The van der Waals surface area contributed by atoms with Crippen molar-refractivity contribution in [3.05, 3.63) is 94.9 Å². The maximum atomic E-state index is 13.0. The fraction of sp³-hybridized carbons (Fsp3) is 0.250. The van der Waals surface area contributed by atoms with Crippen LogP contribution in [0.1, 0.15) is 39.8 Å². The second kappa shape index (κ2) is 10.2. The van der Waals surface area contributed by atoms with E-state index in [9.17, 15) is 10.1 Å². The lowest BCUT2D eigenvalue weighted by atomic mass is 9.79. The van der Waals surface area contributed by atoms with Gasteiger partial charge >= 0.3 is 0 Å². The third kappa shape index (κ3) is 4.49. The van der Waals surface area contributed by atoms with Crippen molar-refractivity contribution in [1.82, 2.24) is 19.9 Å². The summed E-state index contributed by atoms with van der Waals surface area (Å²) in [6.07, 6.45) is 1.78. The van der Waals surface area contributed by atoms with Crippen LogP contribution in [0.15, 0.2) is 66.9 Å². The highest BCUT2D eigenvalue weighted by Gasteiger charge is 2.33. The zero-order valence-corrected chi connectivity index (χ0v) is 22.7. The van der Waals surface area contributed by atoms with Gasteiger partial charge in [-0.15, -0.1) is 0 Å². The molecule has 0 fully saturated rings. The van der Waals surface area contributed by atoms with Crippen molar-refractivity contribution in [3.8, 4) is 17.3 Å². The molecule has 0 aliphatic carbocycles. The Morgan fingerprint density at radius 2 is 2.08 bits per heavy atom. The number of nitrogens with one attached hydrogen (secondary N) is 1. The van der Waals surface area contributed by atoms with Crippen molar-refractivity contribution in [3.63, 3.8) is 0 Å². The van der Waals surface area contributed by atoms with E-state index in [1.165, 1.54) is 0 Å². The second-order valence-corrected chi connectivity index (χ2v) is 10.4. The Balaban J connectivity index is 1.25. The zero-order chi connectivity index (χ0) is 27.9. The molecule has 5 aromatic rings. The Bertz CT molecular complexity index is 1820. The number of ether oxygens (including phenoxy) is 2. The molecule has 8 heteroatoms. The number of fused-ring (bicyclic) bond motifs is 3. The maximum Gasteiger partial charge on any atom is 0.251 e. The molecule has 2 aromatic carbocycles. The standard InChI is InChI=1S/C32H29N5O3/c1-32(18-33)19-40-16-22-8-7-20(11-27(22)32)31(38)35-15-23-12-29-21(14-34-23)9-10-28(36-29)25-5-4-6-30-26(25)13-24(17-39-3)37(30)2/h4-14H,15-17,19H2,1-3H3,(H,35,38)/t32-/m1/s1. The third-order valence-corrected chi connectivity index (χ3v) is 7.68. The number of carbonyl (C=O) groups excluding carboxylic acids is 1. The van der Waals surface area contributed by atoms with Crippen LogP contribution in [0, 0.1) is 11.3 Å². The smallest absolute Gasteiger partial charge is 0.251 e. The molecule has 4 heterocycles. The van der Waals surface area contributed by atoms with Gasteiger partial charge in [0.2, 0.25) is 0 Å². The highest BCUT2D eigenvalue weighted by Crippen LogP contribution is 2.33. The van der Waals surface area contributed by atoms with Crippen LogP contribution in [0.3, 0.4) is 0 Å². The lowest BCUT2D eigenvalue weighted by molar-refractivity contribution is 0.0757. The first-order valence-corrected chi connectivity index (χ1v) is 13.1. The Labute approximate surface area is 232 Å². The number of aromatic nitrogens is 3. The molecule has 0 unspecified atom stereocenters. The van der Waals surface area contributed by atoms with Crippen molar-refractivity contribution < 1.29 is 14.3 Å². The summed E-state index contributed by atoms with van der Waals surface area (Å²) >= 11 is 0. The van der Waals surface area contributed by atoms with E-state index in [-0.39, 0.29) is 12.5 Å². The molecule has 1 N–H and O–H groups in total. The van der Waals surface area contributed by atoms with E-state index in [0.717, 1.165) is 49.9 Å². The summed E-state index contributed by atoms with van der Waals surface area (Å²) in [6.45, 7) is 3.38. The van der Waals surface area contributed by atoms with Gasteiger partial charge in [-0.05, 0) is 60.5 Å². The number of carbonyl (C=O) groups is 1. The molecule has 1 aliphatic heterocycles. The van der Waals surface area contributed by atoms with Crippen molar-refractivity contribution >= 4 is 27.7 Å². The summed E-state index contributed by atoms with van der Waals surface area (Å²) in [6, 6.07) is 22.1. The molecule has 1 atom stereocenters. The topological polar surface area (TPSA) is 102 Å². The van der Waals surface area contributed by atoms with Gasteiger partial charge in [0.25, 0.3) is 5.91 Å². The average molecular weight is 532 g/mol. The van der Waals surface area contributed by atoms with Crippen LogP contribution in [0.25, 0.3) is 33.1 Å². The highest BCUT2D eigenvalue weighted by molar-refractivity contribution is 5.97. The van der Waals surface area contributed by atoms with E-state index in [4.69, 9.17) is 14.5 Å². The molecule has 6 rings (SSSR count). The first-order valence-electron chi connectivity index (χ1n) is 13.1. The lowest BCUT2D eigenvalue weighted by Crippen LogP contribution is -2.33. The summed E-state index contributed by atoms with van der Waals surface area (Å²) in [7, 11) is 3.74. The largest absolute Gasteiger partial charge is 0.378 e. The molecular weight excluding hydrogens is 502 g/mol. The van der Waals surface area contributed by atoms with Crippen molar-refractivity contribution in [1.29, 1.82) is 5.26 Å². The van der Waals surface area contributed by atoms with Gasteiger partial charge in [0, 0.05) is 53.5 Å². The van der Waals surface area contributed by atoms with Crippen molar-refractivity contribution in [2.24, 2.45) is 7.05 Å². The number of nitriles is 1. The van der Waals surface area contributed by atoms with Gasteiger partial charge in [0.05, 0.1) is 49.3 Å². The van der Waals surface area contributed by atoms with E-state index >= 15 is 0 Å². The van der Waals surface area contributed by atoms with E-state index in [0.29, 0.717) is 31.1 Å². The van der Waals surface area contributed by atoms with Gasteiger partial charge in [-0.2, -0.15) is 5.26 Å². The van der Waals surface area contributed by atoms with Gasteiger partial charge in [0.1, 0.15) is 5.41 Å². The molecule has 0 saturated heterocycles. The average Bonchev–Trinajstić information content (AvgIpc) is 3.30. The number of methoxy groups -OCH3 is 1. The molecule has 200 valence electrons. The van der Waals surface area contributed by atoms with Gasteiger partial charge < -0.3 is 19.4 Å². The first-order chi connectivity index (χ1) is 19.4. The number of amides is 1. The summed E-state index contributed by atoms with van der Waals surface area (Å²) in [5, 5.41) is 14.7. The first kappa shape index (κ1) is 25.7. The van der Waals surface area contributed by atoms with E-state index in [2.05, 4.69) is 39.1 Å².